The third-order valence-electron chi connectivity index (χ3n) is 2.63. The summed E-state index contributed by atoms with van der Waals surface area (Å²) < 4.78 is 6.97. The summed E-state index contributed by atoms with van der Waals surface area (Å²) in [6.07, 6.45) is 0.933. The summed E-state index contributed by atoms with van der Waals surface area (Å²) in [6.45, 7) is 4.10. The van der Waals surface area contributed by atoms with Gasteiger partial charge in [0.25, 0.3) is 5.88 Å². The van der Waals surface area contributed by atoms with Crippen LogP contribution in [0.25, 0.3) is 5.52 Å². The van der Waals surface area contributed by atoms with Gasteiger partial charge >= 0.3 is 0 Å². The molecule has 96 valence electrons. The number of fused-ring (bicyclic) bond motifs is 1. The van der Waals surface area contributed by atoms with Gasteiger partial charge in [-0.05, 0) is 25.0 Å². The van der Waals surface area contributed by atoms with E-state index in [0.717, 1.165) is 17.6 Å². The fourth-order valence-corrected chi connectivity index (χ4v) is 1.78. The second-order valence-corrected chi connectivity index (χ2v) is 3.54. The highest BCUT2D eigenvalue weighted by Crippen LogP contribution is 2.28. The van der Waals surface area contributed by atoms with E-state index in [9.17, 15) is 0 Å². The van der Waals surface area contributed by atoms with Crippen molar-refractivity contribution in [2.45, 2.75) is 20.3 Å². The lowest BCUT2D eigenvalue weighted by Crippen LogP contribution is -1.97. The van der Waals surface area contributed by atoms with E-state index in [-0.39, 0.29) is 24.8 Å². The number of anilines is 1. The number of rotatable bonds is 2. The highest BCUT2D eigenvalue weighted by atomic mass is 35.5. The molecule has 0 unspecified atom stereocenters. The van der Waals surface area contributed by atoms with Gasteiger partial charge in [-0.25, -0.2) is 4.52 Å². The average molecular weight is 278 g/mol. The molecular formula is C11H17Cl2N3O. The lowest BCUT2D eigenvalue weighted by Gasteiger charge is -2.03. The highest BCUT2D eigenvalue weighted by Gasteiger charge is 2.13. The zero-order chi connectivity index (χ0) is 11.0. The van der Waals surface area contributed by atoms with E-state index in [2.05, 4.69) is 18.1 Å². The molecule has 0 aromatic carbocycles. The third kappa shape index (κ3) is 2.42. The predicted octanol–water partition coefficient (Wildman–Crippen LogP) is 2.64. The molecule has 2 aromatic rings. The van der Waals surface area contributed by atoms with Crippen molar-refractivity contribution in [3.63, 3.8) is 0 Å². The average Bonchev–Trinajstić information content (AvgIpc) is 2.58. The van der Waals surface area contributed by atoms with Crippen LogP contribution >= 0.6 is 24.8 Å². The first kappa shape index (κ1) is 15.9. The minimum atomic E-state index is 0. The van der Waals surface area contributed by atoms with Gasteiger partial charge in [0.15, 0.2) is 0 Å². The summed E-state index contributed by atoms with van der Waals surface area (Å²) in [5.74, 6) is 0.499. The molecule has 6 heteroatoms. The van der Waals surface area contributed by atoms with Gasteiger partial charge in [0.05, 0.1) is 12.6 Å². The molecule has 17 heavy (non-hydrogen) atoms. The predicted molar refractivity (Wildman–Crippen MR) is 74.8 cm³/mol. The summed E-state index contributed by atoms with van der Waals surface area (Å²) in [6, 6.07) is 4.12. The molecule has 0 aliphatic carbocycles. The summed E-state index contributed by atoms with van der Waals surface area (Å²) in [7, 11) is 1.58. The van der Waals surface area contributed by atoms with Crippen LogP contribution in [0.4, 0.5) is 5.69 Å². The molecule has 0 amide bonds. The molecule has 0 bridgehead atoms. The van der Waals surface area contributed by atoms with Gasteiger partial charge in [0.1, 0.15) is 5.69 Å². The minimum absolute atomic E-state index is 0. The molecule has 0 saturated heterocycles. The van der Waals surface area contributed by atoms with Crippen LogP contribution in [0, 0.1) is 6.92 Å². The number of ether oxygens (including phenoxy) is 1. The Morgan fingerprint density at radius 1 is 1.35 bits per heavy atom. The number of hydrogen-bond donors (Lipinski definition) is 1. The molecule has 0 saturated carbocycles. The number of nitrogens with two attached hydrogens (primary N) is 1. The summed E-state index contributed by atoms with van der Waals surface area (Å²) in [5, 5.41) is 4.31. The second-order valence-electron chi connectivity index (χ2n) is 3.54. The van der Waals surface area contributed by atoms with Crippen LogP contribution < -0.4 is 10.5 Å². The Balaban J connectivity index is 0.00000128. The van der Waals surface area contributed by atoms with Crippen LogP contribution in [0.5, 0.6) is 5.88 Å². The first-order valence-corrected chi connectivity index (χ1v) is 4.99. The van der Waals surface area contributed by atoms with E-state index in [1.54, 1.807) is 7.11 Å². The van der Waals surface area contributed by atoms with Crippen molar-refractivity contribution in [2.24, 2.45) is 0 Å². The fraction of sp³-hybridized carbons (Fsp3) is 0.364. The first-order valence-electron chi connectivity index (χ1n) is 4.99. The Morgan fingerprint density at radius 3 is 2.53 bits per heavy atom. The Kier molecular flexibility index (Phi) is 5.58. The molecule has 0 atom stereocenters. The molecule has 0 spiro atoms. The van der Waals surface area contributed by atoms with Gasteiger partial charge < -0.3 is 10.5 Å². The van der Waals surface area contributed by atoms with E-state index in [4.69, 9.17) is 10.5 Å². The quantitative estimate of drug-likeness (QED) is 0.918. The maximum atomic E-state index is 5.99. The number of nitrogens with zero attached hydrogens (tertiary/aromatic N) is 2. The fourth-order valence-electron chi connectivity index (χ4n) is 1.78. The zero-order valence-electron chi connectivity index (χ0n) is 10.1. The van der Waals surface area contributed by atoms with E-state index in [1.807, 2.05) is 17.5 Å². The molecule has 4 nitrogen and oxygen atoms in total. The van der Waals surface area contributed by atoms with Crippen molar-refractivity contribution < 1.29 is 4.74 Å². The number of aromatic nitrogens is 2. The molecule has 2 heterocycles. The smallest absolute Gasteiger partial charge is 0.257 e. The second kappa shape index (κ2) is 5.98. The molecule has 0 radical (unpaired) electrons. The highest BCUT2D eigenvalue weighted by molar-refractivity contribution is 5.85. The summed E-state index contributed by atoms with van der Waals surface area (Å²) >= 11 is 0. The van der Waals surface area contributed by atoms with Crippen LogP contribution in [-0.2, 0) is 6.42 Å². The van der Waals surface area contributed by atoms with Crippen molar-refractivity contribution in [2.75, 3.05) is 12.8 Å². The van der Waals surface area contributed by atoms with Crippen LogP contribution in [0.1, 0.15) is 18.2 Å². The van der Waals surface area contributed by atoms with Gasteiger partial charge in [0.2, 0.25) is 0 Å². The molecule has 0 fully saturated rings. The lowest BCUT2D eigenvalue weighted by atomic mass is 10.1. The zero-order valence-corrected chi connectivity index (χ0v) is 11.7. The minimum Gasteiger partial charge on any atom is -0.478 e. The molecule has 2 N–H and O–H groups in total. The normalized spacial score (nSPS) is 9.59. The summed E-state index contributed by atoms with van der Waals surface area (Å²) in [5.41, 5.74) is 9.82. The van der Waals surface area contributed by atoms with Crippen molar-refractivity contribution >= 4 is 36.0 Å². The van der Waals surface area contributed by atoms with Gasteiger partial charge in [-0.3, -0.25) is 0 Å². The molecule has 2 aromatic heterocycles. The van der Waals surface area contributed by atoms with Crippen molar-refractivity contribution in [3.05, 3.63) is 23.4 Å². The van der Waals surface area contributed by atoms with Crippen LogP contribution in [-0.4, -0.2) is 16.7 Å². The van der Waals surface area contributed by atoms with E-state index < -0.39 is 0 Å². The Bertz CT molecular complexity index is 511. The van der Waals surface area contributed by atoms with Crippen LogP contribution in [0.3, 0.4) is 0 Å². The number of hydrogen-bond acceptors (Lipinski definition) is 3. The number of pyridine rings is 1. The van der Waals surface area contributed by atoms with Gasteiger partial charge in [0, 0.05) is 5.69 Å². The van der Waals surface area contributed by atoms with E-state index >= 15 is 0 Å². The van der Waals surface area contributed by atoms with E-state index in [0.29, 0.717) is 11.6 Å². The Labute approximate surface area is 113 Å². The van der Waals surface area contributed by atoms with Gasteiger partial charge in [-0.15, -0.1) is 29.9 Å². The lowest BCUT2D eigenvalue weighted by molar-refractivity contribution is 0.396. The standard InChI is InChI=1S/C11H15N3O.2ClH/c1-4-8-6-5-7(2)14-10(8)9(12)11(13-14)15-3;;/h5-6H,4,12H2,1-3H3;2*1H. The maximum absolute atomic E-state index is 5.99. The number of nitrogen functional groups attached to an aromatic ring is 1. The molecule has 2 rings (SSSR count). The van der Waals surface area contributed by atoms with Crippen LogP contribution in [0.2, 0.25) is 0 Å². The third-order valence-corrected chi connectivity index (χ3v) is 2.63. The maximum Gasteiger partial charge on any atom is 0.257 e. The van der Waals surface area contributed by atoms with Crippen molar-refractivity contribution in [1.82, 2.24) is 9.61 Å². The SMILES string of the molecule is CCc1ccc(C)n2nc(OC)c(N)c12.Cl.Cl. The molecular weight excluding hydrogens is 261 g/mol. The Hall–Kier alpha value is -1.13. The number of methoxy groups -OCH3 is 1. The van der Waals surface area contributed by atoms with Gasteiger partial charge in [-0.1, -0.05) is 13.0 Å². The Morgan fingerprint density at radius 2 is 2.00 bits per heavy atom. The van der Waals surface area contributed by atoms with Crippen molar-refractivity contribution in [1.29, 1.82) is 0 Å². The van der Waals surface area contributed by atoms with E-state index in [1.165, 1.54) is 5.56 Å². The van der Waals surface area contributed by atoms with Crippen molar-refractivity contribution in [3.8, 4) is 5.88 Å². The number of aryl methyl sites for hydroxylation is 2. The topological polar surface area (TPSA) is 52.5 Å². The van der Waals surface area contributed by atoms with Crippen LogP contribution in [0.15, 0.2) is 12.1 Å². The molecule has 0 aliphatic rings. The molecule has 0 aliphatic heterocycles. The summed E-state index contributed by atoms with van der Waals surface area (Å²) in [4.78, 5) is 0. The number of halogens is 2. The van der Waals surface area contributed by atoms with Gasteiger partial charge in [-0.2, -0.15) is 0 Å². The monoisotopic (exact) mass is 277 g/mol. The first-order chi connectivity index (χ1) is 7.19. The largest absolute Gasteiger partial charge is 0.478 e.